The van der Waals surface area contributed by atoms with Crippen molar-refractivity contribution < 1.29 is 9.53 Å². The third-order valence-corrected chi connectivity index (χ3v) is 3.42. The number of amides is 2. The molecule has 0 fully saturated rings. The molecule has 1 heterocycles. The molecule has 2 aromatic rings. The molecular formula is C16H16N2O2. The van der Waals surface area contributed by atoms with E-state index in [4.69, 9.17) is 4.74 Å². The number of carbonyl (C=O) groups excluding carboxylic acids is 1. The Morgan fingerprint density at radius 3 is 2.65 bits per heavy atom. The third-order valence-electron chi connectivity index (χ3n) is 3.42. The van der Waals surface area contributed by atoms with Gasteiger partial charge in [0.1, 0.15) is 5.75 Å². The Labute approximate surface area is 118 Å². The first-order valence-corrected chi connectivity index (χ1v) is 6.51. The summed E-state index contributed by atoms with van der Waals surface area (Å²) in [5.41, 5.74) is 3.80. The predicted octanol–water partition coefficient (Wildman–Crippen LogP) is 3.36. The molecule has 0 saturated carbocycles. The first kappa shape index (κ1) is 12.5. The highest BCUT2D eigenvalue weighted by Crippen LogP contribution is 2.37. The van der Waals surface area contributed by atoms with E-state index in [-0.39, 0.29) is 6.03 Å². The average Bonchev–Trinajstić information content (AvgIpc) is 2.47. The van der Waals surface area contributed by atoms with Gasteiger partial charge in [-0.3, -0.25) is 4.90 Å². The Balaban J connectivity index is 2.19. The second-order valence-corrected chi connectivity index (χ2v) is 4.79. The maximum absolute atomic E-state index is 12.2. The van der Waals surface area contributed by atoms with Crippen LogP contribution in [0.4, 0.5) is 16.2 Å². The first-order valence-electron chi connectivity index (χ1n) is 6.51. The zero-order valence-electron chi connectivity index (χ0n) is 11.5. The van der Waals surface area contributed by atoms with Gasteiger partial charge in [-0.2, -0.15) is 0 Å². The summed E-state index contributed by atoms with van der Waals surface area (Å²) in [5, 5.41) is 2.89. The number of fused-ring (bicyclic) bond motifs is 1. The van der Waals surface area contributed by atoms with Crippen LogP contribution in [0.1, 0.15) is 11.1 Å². The summed E-state index contributed by atoms with van der Waals surface area (Å²) in [5.74, 6) is 0.806. The highest BCUT2D eigenvalue weighted by atomic mass is 16.5. The second-order valence-electron chi connectivity index (χ2n) is 4.79. The van der Waals surface area contributed by atoms with Gasteiger partial charge < -0.3 is 10.1 Å². The number of anilines is 2. The highest BCUT2D eigenvalue weighted by molar-refractivity contribution is 6.02. The minimum atomic E-state index is -0.114. The summed E-state index contributed by atoms with van der Waals surface area (Å²) < 4.78 is 5.43. The lowest BCUT2D eigenvalue weighted by molar-refractivity contribution is 0.246. The molecule has 102 valence electrons. The van der Waals surface area contributed by atoms with Crippen molar-refractivity contribution in [2.75, 3.05) is 12.0 Å². The van der Waals surface area contributed by atoms with Crippen molar-refractivity contribution in [3.05, 3.63) is 53.6 Å². The van der Waals surface area contributed by atoms with Crippen LogP contribution in [0.15, 0.2) is 42.5 Å². The Morgan fingerprint density at radius 1 is 1.20 bits per heavy atom. The van der Waals surface area contributed by atoms with Gasteiger partial charge >= 0.3 is 6.03 Å². The molecule has 2 aromatic carbocycles. The van der Waals surface area contributed by atoms with Crippen molar-refractivity contribution in [2.24, 2.45) is 0 Å². The largest absolute Gasteiger partial charge is 0.496 e. The second kappa shape index (κ2) is 4.89. The fraction of sp³-hybridized carbons (Fsp3) is 0.188. The van der Waals surface area contributed by atoms with Crippen molar-refractivity contribution in [1.29, 1.82) is 0 Å². The van der Waals surface area contributed by atoms with E-state index in [9.17, 15) is 4.79 Å². The number of hydrogen-bond donors (Lipinski definition) is 1. The van der Waals surface area contributed by atoms with Crippen LogP contribution in [0.5, 0.6) is 5.75 Å². The molecule has 2 amide bonds. The Bertz CT molecular complexity index is 653. The molecule has 0 bridgehead atoms. The molecule has 0 aliphatic carbocycles. The van der Waals surface area contributed by atoms with E-state index in [1.54, 1.807) is 12.0 Å². The molecule has 1 aliphatic rings. The molecular weight excluding hydrogens is 252 g/mol. The molecule has 0 saturated heterocycles. The smallest absolute Gasteiger partial charge is 0.326 e. The Morgan fingerprint density at radius 2 is 1.95 bits per heavy atom. The van der Waals surface area contributed by atoms with Gasteiger partial charge in [-0.15, -0.1) is 0 Å². The van der Waals surface area contributed by atoms with Crippen LogP contribution in [0.2, 0.25) is 0 Å². The predicted molar refractivity (Wildman–Crippen MR) is 78.5 cm³/mol. The van der Waals surface area contributed by atoms with Gasteiger partial charge in [0, 0.05) is 5.56 Å². The topological polar surface area (TPSA) is 41.6 Å². The summed E-state index contributed by atoms with van der Waals surface area (Å²) in [4.78, 5) is 13.9. The van der Waals surface area contributed by atoms with E-state index in [0.29, 0.717) is 6.54 Å². The summed E-state index contributed by atoms with van der Waals surface area (Å²) in [6, 6.07) is 13.5. The highest BCUT2D eigenvalue weighted by Gasteiger charge is 2.27. The van der Waals surface area contributed by atoms with E-state index < -0.39 is 0 Å². The summed E-state index contributed by atoms with van der Waals surface area (Å²) in [7, 11) is 1.65. The molecule has 20 heavy (non-hydrogen) atoms. The monoisotopic (exact) mass is 268 g/mol. The van der Waals surface area contributed by atoms with Gasteiger partial charge in [0.2, 0.25) is 0 Å². The molecule has 3 rings (SSSR count). The molecule has 0 aromatic heterocycles. The lowest BCUT2D eigenvalue weighted by Gasteiger charge is -2.31. The van der Waals surface area contributed by atoms with E-state index in [0.717, 1.165) is 28.3 Å². The van der Waals surface area contributed by atoms with Crippen LogP contribution >= 0.6 is 0 Å². The summed E-state index contributed by atoms with van der Waals surface area (Å²) >= 11 is 0. The molecule has 0 atom stereocenters. The third kappa shape index (κ3) is 1.99. The van der Waals surface area contributed by atoms with Crippen molar-refractivity contribution >= 4 is 17.4 Å². The number of urea groups is 1. The quantitative estimate of drug-likeness (QED) is 0.907. The number of rotatable bonds is 2. The lowest BCUT2D eigenvalue weighted by Crippen LogP contribution is -2.41. The molecule has 0 spiro atoms. The number of para-hydroxylation sites is 1. The minimum absolute atomic E-state index is 0.114. The maximum atomic E-state index is 12.2. The van der Waals surface area contributed by atoms with Gasteiger partial charge in [-0.1, -0.05) is 18.2 Å². The van der Waals surface area contributed by atoms with E-state index in [1.165, 1.54) is 0 Å². The number of hydrogen-bond acceptors (Lipinski definition) is 2. The lowest BCUT2D eigenvalue weighted by atomic mass is 10.0. The average molecular weight is 268 g/mol. The van der Waals surface area contributed by atoms with Crippen LogP contribution in [0.3, 0.4) is 0 Å². The van der Waals surface area contributed by atoms with Gasteiger partial charge in [-0.05, 0) is 36.8 Å². The van der Waals surface area contributed by atoms with Crippen LogP contribution < -0.4 is 15.0 Å². The molecule has 0 radical (unpaired) electrons. The molecule has 1 N–H and O–H groups in total. The van der Waals surface area contributed by atoms with Crippen LogP contribution in [-0.2, 0) is 6.54 Å². The number of aryl methyl sites for hydroxylation is 1. The van der Waals surface area contributed by atoms with Gasteiger partial charge in [0.05, 0.1) is 25.0 Å². The number of ether oxygens (including phenoxy) is 1. The number of nitrogens with zero attached hydrogens (tertiary/aromatic N) is 1. The zero-order valence-corrected chi connectivity index (χ0v) is 11.5. The van der Waals surface area contributed by atoms with Crippen molar-refractivity contribution in [1.82, 2.24) is 5.32 Å². The number of carbonyl (C=O) groups is 1. The molecule has 0 unspecified atom stereocenters. The Hall–Kier alpha value is -2.49. The van der Waals surface area contributed by atoms with Crippen molar-refractivity contribution in [3.63, 3.8) is 0 Å². The van der Waals surface area contributed by atoms with E-state index >= 15 is 0 Å². The number of nitrogens with one attached hydrogen (secondary N) is 1. The van der Waals surface area contributed by atoms with Gasteiger partial charge in [0.15, 0.2) is 0 Å². The van der Waals surface area contributed by atoms with E-state index in [1.807, 2.05) is 49.4 Å². The van der Waals surface area contributed by atoms with Crippen LogP contribution in [0, 0.1) is 6.92 Å². The molecule has 4 heteroatoms. The first-order chi connectivity index (χ1) is 9.70. The summed E-state index contributed by atoms with van der Waals surface area (Å²) in [6.45, 7) is 2.49. The fourth-order valence-corrected chi connectivity index (χ4v) is 2.51. The molecule has 1 aliphatic heterocycles. The van der Waals surface area contributed by atoms with E-state index in [2.05, 4.69) is 5.32 Å². The standard InChI is InChI=1S/C16H16N2O2/c1-11-8-14-13(15(9-11)20-2)10-17-16(19)18(14)12-6-4-3-5-7-12/h3-9H,10H2,1-2H3,(H,17,19). The van der Waals surface area contributed by atoms with Gasteiger partial charge in [-0.25, -0.2) is 4.79 Å². The summed E-state index contributed by atoms with van der Waals surface area (Å²) in [6.07, 6.45) is 0. The van der Waals surface area contributed by atoms with Crippen molar-refractivity contribution in [3.8, 4) is 5.75 Å². The normalized spacial score (nSPS) is 13.7. The van der Waals surface area contributed by atoms with Gasteiger partial charge in [0.25, 0.3) is 0 Å². The number of methoxy groups -OCH3 is 1. The minimum Gasteiger partial charge on any atom is -0.496 e. The Kier molecular flexibility index (Phi) is 3.06. The molecule has 4 nitrogen and oxygen atoms in total. The fourth-order valence-electron chi connectivity index (χ4n) is 2.51. The zero-order chi connectivity index (χ0) is 14.1. The van der Waals surface area contributed by atoms with Crippen LogP contribution in [-0.4, -0.2) is 13.1 Å². The van der Waals surface area contributed by atoms with Crippen LogP contribution in [0.25, 0.3) is 0 Å². The van der Waals surface area contributed by atoms with Crippen molar-refractivity contribution in [2.45, 2.75) is 13.5 Å². The number of benzene rings is 2. The maximum Gasteiger partial charge on any atom is 0.326 e. The SMILES string of the molecule is COc1cc(C)cc2c1CNC(=O)N2c1ccccc1.